The van der Waals surface area contributed by atoms with Gasteiger partial charge in [-0.3, -0.25) is 0 Å². The molecule has 132 valence electrons. The number of rotatable bonds is 4. The van der Waals surface area contributed by atoms with Crippen LogP contribution in [0.2, 0.25) is 0 Å². The van der Waals surface area contributed by atoms with Crippen LogP contribution in [0.4, 0.5) is 5.69 Å². The summed E-state index contributed by atoms with van der Waals surface area (Å²) in [5.74, 6) is 0.698. The molecule has 0 radical (unpaired) electrons. The molecule has 0 spiro atoms. The van der Waals surface area contributed by atoms with Gasteiger partial charge in [-0.05, 0) is 25.5 Å². The molecule has 0 aliphatic carbocycles. The molecule has 1 N–H and O–H groups in total. The number of phenolic OH excluding ortho intramolecular Hbond substituents is 1. The third kappa shape index (κ3) is 2.52. The van der Waals surface area contributed by atoms with Gasteiger partial charge in [0.15, 0.2) is 5.65 Å². The Labute approximate surface area is 150 Å². The molecule has 0 saturated carbocycles. The summed E-state index contributed by atoms with van der Waals surface area (Å²) in [4.78, 5) is 6.73. The first-order valence-corrected chi connectivity index (χ1v) is 8.61. The number of pyridine rings is 1. The van der Waals surface area contributed by atoms with Crippen molar-refractivity contribution in [2.75, 3.05) is 18.5 Å². The van der Waals surface area contributed by atoms with E-state index in [0.29, 0.717) is 22.7 Å². The summed E-state index contributed by atoms with van der Waals surface area (Å²) >= 11 is 0. The first-order chi connectivity index (χ1) is 12.6. The fraction of sp³-hybridized carbons (Fsp3) is 0.263. The largest absolute Gasteiger partial charge is 0.506 e. The number of aromatic nitrogens is 5. The summed E-state index contributed by atoms with van der Waals surface area (Å²) in [7, 11) is 2.05. The van der Waals surface area contributed by atoms with Gasteiger partial charge in [0, 0.05) is 24.5 Å². The highest BCUT2D eigenvalue weighted by Crippen LogP contribution is 2.27. The Bertz CT molecular complexity index is 1100. The maximum atomic E-state index is 10.1. The number of anilines is 1. The lowest BCUT2D eigenvalue weighted by molar-refractivity contribution is 0.480. The molecule has 7 nitrogen and oxygen atoms in total. The lowest BCUT2D eigenvalue weighted by Gasteiger charge is -2.20. The van der Waals surface area contributed by atoms with Gasteiger partial charge in [0.2, 0.25) is 5.82 Å². The molecule has 1 aromatic carbocycles. The summed E-state index contributed by atoms with van der Waals surface area (Å²) in [5.41, 5.74) is 3.94. The van der Waals surface area contributed by atoms with E-state index in [1.807, 2.05) is 31.3 Å². The number of hydrogen-bond donors (Lipinski definition) is 1. The molecular formula is C19H20N6O. The van der Waals surface area contributed by atoms with E-state index >= 15 is 0 Å². The molecule has 0 aliphatic rings. The van der Waals surface area contributed by atoms with Gasteiger partial charge in [0.25, 0.3) is 0 Å². The van der Waals surface area contributed by atoms with Crippen molar-refractivity contribution >= 4 is 22.2 Å². The number of para-hydroxylation sites is 1. The second kappa shape index (κ2) is 6.25. The van der Waals surface area contributed by atoms with E-state index in [0.717, 1.165) is 29.6 Å². The average molecular weight is 348 g/mol. The molecule has 0 saturated heterocycles. The van der Waals surface area contributed by atoms with Crippen molar-refractivity contribution in [3.8, 4) is 17.3 Å². The summed E-state index contributed by atoms with van der Waals surface area (Å²) in [6.07, 6.45) is 2.90. The van der Waals surface area contributed by atoms with E-state index in [2.05, 4.69) is 39.2 Å². The Kier molecular flexibility index (Phi) is 3.91. The maximum absolute atomic E-state index is 10.1. The van der Waals surface area contributed by atoms with Crippen LogP contribution in [-0.2, 0) is 0 Å². The molecule has 4 aromatic rings. The molecule has 7 heteroatoms. The number of aromatic hydroxyl groups is 1. The Balaban J connectivity index is 1.85. The first-order valence-electron chi connectivity index (χ1n) is 8.61. The standard InChI is InChI=1S/C19H20N6O/c1-4-10-24(3)15-11-20-25-18(12(15)2)22-23-19(25)14-9-8-13-6-5-7-16(26)17(13)21-14/h5-9,11,26H,4,10H2,1-3H3. The van der Waals surface area contributed by atoms with Crippen molar-refractivity contribution in [2.24, 2.45) is 0 Å². The van der Waals surface area contributed by atoms with Gasteiger partial charge in [0.05, 0.1) is 11.9 Å². The molecule has 3 heterocycles. The van der Waals surface area contributed by atoms with Crippen LogP contribution in [0.5, 0.6) is 5.75 Å². The quantitative estimate of drug-likeness (QED) is 0.610. The van der Waals surface area contributed by atoms with Crippen LogP contribution < -0.4 is 4.90 Å². The van der Waals surface area contributed by atoms with Gasteiger partial charge in [-0.1, -0.05) is 25.1 Å². The van der Waals surface area contributed by atoms with E-state index < -0.39 is 0 Å². The highest BCUT2D eigenvalue weighted by atomic mass is 16.3. The van der Waals surface area contributed by atoms with Gasteiger partial charge in [-0.25, -0.2) is 4.98 Å². The van der Waals surface area contributed by atoms with Crippen molar-refractivity contribution < 1.29 is 5.11 Å². The summed E-state index contributed by atoms with van der Waals surface area (Å²) in [6, 6.07) is 9.11. The van der Waals surface area contributed by atoms with Crippen LogP contribution in [0, 0.1) is 6.92 Å². The van der Waals surface area contributed by atoms with E-state index in [-0.39, 0.29) is 5.75 Å². The molecule has 26 heavy (non-hydrogen) atoms. The number of fused-ring (bicyclic) bond motifs is 2. The third-order valence-electron chi connectivity index (χ3n) is 4.55. The predicted molar refractivity (Wildman–Crippen MR) is 101 cm³/mol. The molecule has 0 unspecified atom stereocenters. The van der Waals surface area contributed by atoms with E-state index in [1.165, 1.54) is 0 Å². The highest BCUT2D eigenvalue weighted by Gasteiger charge is 2.16. The fourth-order valence-electron chi connectivity index (χ4n) is 3.20. The highest BCUT2D eigenvalue weighted by molar-refractivity contribution is 5.86. The smallest absolute Gasteiger partial charge is 0.203 e. The van der Waals surface area contributed by atoms with Crippen LogP contribution in [0.15, 0.2) is 36.5 Å². The van der Waals surface area contributed by atoms with Gasteiger partial charge in [-0.15, -0.1) is 10.2 Å². The summed E-state index contributed by atoms with van der Waals surface area (Å²) in [5, 5.41) is 24.1. The van der Waals surface area contributed by atoms with Crippen molar-refractivity contribution in [1.29, 1.82) is 0 Å². The minimum Gasteiger partial charge on any atom is -0.506 e. The monoisotopic (exact) mass is 348 g/mol. The van der Waals surface area contributed by atoms with Crippen molar-refractivity contribution in [3.05, 3.63) is 42.1 Å². The minimum atomic E-state index is 0.144. The number of aryl methyl sites for hydroxylation is 1. The van der Waals surface area contributed by atoms with E-state index in [9.17, 15) is 5.11 Å². The van der Waals surface area contributed by atoms with Gasteiger partial charge in [-0.2, -0.15) is 9.61 Å². The van der Waals surface area contributed by atoms with Crippen molar-refractivity contribution in [1.82, 2.24) is 24.8 Å². The first kappa shape index (κ1) is 16.3. The topological polar surface area (TPSA) is 79.4 Å². The summed E-state index contributed by atoms with van der Waals surface area (Å²) < 4.78 is 1.70. The van der Waals surface area contributed by atoms with Crippen LogP contribution in [-0.4, -0.2) is 43.5 Å². The number of nitrogens with zero attached hydrogens (tertiary/aromatic N) is 6. The Morgan fingerprint density at radius 1 is 1.15 bits per heavy atom. The fourth-order valence-corrected chi connectivity index (χ4v) is 3.20. The zero-order valence-electron chi connectivity index (χ0n) is 15.0. The molecule has 0 aliphatic heterocycles. The predicted octanol–water partition coefficient (Wildman–Crippen LogP) is 3.20. The van der Waals surface area contributed by atoms with Gasteiger partial charge in [0.1, 0.15) is 17.0 Å². The Morgan fingerprint density at radius 3 is 2.81 bits per heavy atom. The van der Waals surface area contributed by atoms with Gasteiger partial charge < -0.3 is 10.0 Å². The Hall–Kier alpha value is -3.22. The van der Waals surface area contributed by atoms with E-state index in [1.54, 1.807) is 16.6 Å². The molecule has 0 fully saturated rings. The molecule has 4 rings (SSSR count). The second-order valence-electron chi connectivity index (χ2n) is 6.38. The molecular weight excluding hydrogens is 328 g/mol. The third-order valence-corrected chi connectivity index (χ3v) is 4.55. The zero-order chi connectivity index (χ0) is 18.3. The molecule has 0 bridgehead atoms. The molecule has 3 aromatic heterocycles. The molecule has 0 amide bonds. The number of phenols is 1. The van der Waals surface area contributed by atoms with Crippen molar-refractivity contribution in [2.45, 2.75) is 20.3 Å². The second-order valence-corrected chi connectivity index (χ2v) is 6.38. The van der Waals surface area contributed by atoms with Crippen LogP contribution >= 0.6 is 0 Å². The number of hydrogen-bond acceptors (Lipinski definition) is 6. The lowest BCUT2D eigenvalue weighted by Crippen LogP contribution is -2.19. The SMILES string of the molecule is CCCN(C)c1cnn2c(-c3ccc4cccc(O)c4n3)nnc2c1C. The van der Waals surface area contributed by atoms with Gasteiger partial charge >= 0.3 is 0 Å². The van der Waals surface area contributed by atoms with E-state index in [4.69, 9.17) is 0 Å². The van der Waals surface area contributed by atoms with Crippen LogP contribution in [0.25, 0.3) is 28.1 Å². The number of benzene rings is 1. The van der Waals surface area contributed by atoms with Crippen LogP contribution in [0.3, 0.4) is 0 Å². The lowest BCUT2D eigenvalue weighted by atomic mass is 10.2. The van der Waals surface area contributed by atoms with Crippen molar-refractivity contribution in [3.63, 3.8) is 0 Å². The average Bonchev–Trinajstić information content (AvgIpc) is 3.07. The molecule has 0 atom stereocenters. The Morgan fingerprint density at radius 2 is 2.00 bits per heavy atom. The maximum Gasteiger partial charge on any atom is 0.203 e. The zero-order valence-corrected chi connectivity index (χ0v) is 15.0. The normalized spacial score (nSPS) is 11.3. The minimum absolute atomic E-state index is 0.144. The van der Waals surface area contributed by atoms with Crippen LogP contribution in [0.1, 0.15) is 18.9 Å². The summed E-state index contributed by atoms with van der Waals surface area (Å²) in [6.45, 7) is 5.12.